The Balaban J connectivity index is 2.10. The summed E-state index contributed by atoms with van der Waals surface area (Å²) in [6, 6.07) is 1.95. The molecule has 0 aromatic carbocycles. The first kappa shape index (κ1) is 10.3. The van der Waals surface area contributed by atoms with Gasteiger partial charge in [0, 0.05) is 27.3 Å². The second kappa shape index (κ2) is 4.53. The molecule has 1 unspecified atom stereocenters. The molecule has 0 radical (unpaired) electrons. The molecule has 14 heavy (non-hydrogen) atoms. The standard InChI is InChI=1S/C9H8BrNOS2/c10-6-1-3-14-9(6)7(12)5-8-11-2-4-13-8/h1-4,7,12H,5H2. The minimum absolute atomic E-state index is 0.449. The largest absolute Gasteiger partial charge is 0.387 e. The number of thiophene rings is 1. The van der Waals surface area contributed by atoms with Gasteiger partial charge in [-0.15, -0.1) is 22.7 Å². The molecular formula is C9H8BrNOS2. The molecule has 0 bridgehead atoms. The molecular weight excluding hydrogens is 282 g/mol. The SMILES string of the molecule is OC(Cc1nccs1)c1sccc1Br. The summed E-state index contributed by atoms with van der Waals surface area (Å²) in [7, 11) is 0. The fourth-order valence-corrected chi connectivity index (χ4v) is 3.43. The number of thiazole rings is 1. The van der Waals surface area contributed by atoms with Gasteiger partial charge in [0.25, 0.3) is 0 Å². The minimum Gasteiger partial charge on any atom is -0.387 e. The summed E-state index contributed by atoms with van der Waals surface area (Å²) < 4.78 is 0.978. The molecule has 1 atom stereocenters. The van der Waals surface area contributed by atoms with Crippen LogP contribution < -0.4 is 0 Å². The van der Waals surface area contributed by atoms with E-state index in [1.165, 1.54) is 0 Å². The number of rotatable bonds is 3. The quantitative estimate of drug-likeness (QED) is 0.941. The third-order valence-electron chi connectivity index (χ3n) is 1.80. The van der Waals surface area contributed by atoms with Crippen LogP contribution in [0.15, 0.2) is 27.5 Å². The van der Waals surface area contributed by atoms with E-state index in [-0.39, 0.29) is 0 Å². The molecule has 0 saturated heterocycles. The Morgan fingerprint density at radius 3 is 2.86 bits per heavy atom. The molecule has 5 heteroatoms. The van der Waals surface area contributed by atoms with Gasteiger partial charge < -0.3 is 5.11 Å². The van der Waals surface area contributed by atoms with Crippen molar-refractivity contribution in [3.63, 3.8) is 0 Å². The minimum atomic E-state index is -0.449. The predicted octanol–water partition coefficient (Wildman–Crippen LogP) is 3.24. The molecule has 0 amide bonds. The van der Waals surface area contributed by atoms with Crippen LogP contribution in [0.25, 0.3) is 0 Å². The summed E-state index contributed by atoms with van der Waals surface area (Å²) >= 11 is 6.54. The van der Waals surface area contributed by atoms with E-state index in [0.29, 0.717) is 6.42 Å². The molecule has 2 heterocycles. The van der Waals surface area contributed by atoms with Gasteiger partial charge in [0.1, 0.15) is 0 Å². The number of aliphatic hydroxyl groups excluding tert-OH is 1. The van der Waals surface area contributed by atoms with Crippen LogP contribution in [0, 0.1) is 0 Å². The van der Waals surface area contributed by atoms with E-state index in [4.69, 9.17) is 0 Å². The highest BCUT2D eigenvalue weighted by atomic mass is 79.9. The van der Waals surface area contributed by atoms with Gasteiger partial charge in [-0.1, -0.05) is 0 Å². The zero-order valence-corrected chi connectivity index (χ0v) is 10.4. The lowest BCUT2D eigenvalue weighted by atomic mass is 10.2. The maximum atomic E-state index is 9.91. The molecule has 0 spiro atoms. The molecule has 0 aliphatic heterocycles. The van der Waals surface area contributed by atoms with Crippen molar-refractivity contribution in [2.24, 2.45) is 0 Å². The normalized spacial score (nSPS) is 13.0. The van der Waals surface area contributed by atoms with Gasteiger partial charge in [0.2, 0.25) is 0 Å². The Morgan fingerprint density at radius 1 is 1.43 bits per heavy atom. The van der Waals surface area contributed by atoms with Gasteiger partial charge in [-0.25, -0.2) is 4.98 Å². The van der Waals surface area contributed by atoms with Crippen molar-refractivity contribution in [2.45, 2.75) is 12.5 Å². The number of hydrogen-bond acceptors (Lipinski definition) is 4. The van der Waals surface area contributed by atoms with Crippen LogP contribution in [-0.2, 0) is 6.42 Å². The summed E-state index contributed by atoms with van der Waals surface area (Å²) in [5.41, 5.74) is 0. The van der Waals surface area contributed by atoms with E-state index in [2.05, 4.69) is 20.9 Å². The van der Waals surface area contributed by atoms with E-state index in [1.807, 2.05) is 16.8 Å². The van der Waals surface area contributed by atoms with Crippen LogP contribution in [0.3, 0.4) is 0 Å². The average molecular weight is 290 g/mol. The van der Waals surface area contributed by atoms with Gasteiger partial charge in [-0.3, -0.25) is 0 Å². The third kappa shape index (κ3) is 2.23. The second-order valence-corrected chi connectivity index (χ2v) is 5.56. The van der Waals surface area contributed by atoms with Crippen molar-refractivity contribution >= 4 is 38.6 Å². The highest BCUT2D eigenvalue weighted by Gasteiger charge is 2.14. The number of nitrogens with zero attached hydrogens (tertiary/aromatic N) is 1. The monoisotopic (exact) mass is 289 g/mol. The third-order valence-corrected chi connectivity index (χ3v) is 4.57. The van der Waals surface area contributed by atoms with Crippen molar-refractivity contribution in [1.82, 2.24) is 4.98 Å². The summed E-state index contributed by atoms with van der Waals surface area (Å²) in [5.74, 6) is 0. The van der Waals surface area contributed by atoms with E-state index < -0.39 is 6.10 Å². The summed E-state index contributed by atoms with van der Waals surface area (Å²) in [6.07, 6.45) is 1.91. The molecule has 0 aliphatic rings. The molecule has 74 valence electrons. The van der Waals surface area contributed by atoms with Crippen LogP contribution in [0.5, 0.6) is 0 Å². The first-order valence-electron chi connectivity index (χ1n) is 4.06. The molecule has 2 aromatic heterocycles. The Bertz CT molecular complexity index is 399. The maximum absolute atomic E-state index is 9.91. The first-order valence-corrected chi connectivity index (χ1v) is 6.62. The second-order valence-electron chi connectivity index (χ2n) is 2.78. The molecule has 2 aromatic rings. The van der Waals surface area contributed by atoms with Gasteiger partial charge in [-0.2, -0.15) is 0 Å². The van der Waals surface area contributed by atoms with Gasteiger partial charge in [0.15, 0.2) is 0 Å². The first-order chi connectivity index (χ1) is 6.77. The maximum Gasteiger partial charge on any atom is 0.0956 e. The van der Waals surface area contributed by atoms with Crippen molar-refractivity contribution < 1.29 is 5.11 Å². The van der Waals surface area contributed by atoms with E-state index in [9.17, 15) is 5.11 Å². The summed E-state index contributed by atoms with van der Waals surface area (Å²) in [5, 5.41) is 14.8. The van der Waals surface area contributed by atoms with Gasteiger partial charge in [0.05, 0.1) is 11.1 Å². The van der Waals surface area contributed by atoms with Crippen LogP contribution in [-0.4, -0.2) is 10.1 Å². The van der Waals surface area contributed by atoms with Crippen molar-refractivity contribution in [3.8, 4) is 0 Å². The number of halogens is 1. The predicted molar refractivity (Wildman–Crippen MR) is 62.8 cm³/mol. The summed E-state index contributed by atoms with van der Waals surface area (Å²) in [6.45, 7) is 0. The van der Waals surface area contributed by atoms with Crippen LogP contribution in [0.1, 0.15) is 16.0 Å². The van der Waals surface area contributed by atoms with Crippen molar-refractivity contribution in [3.05, 3.63) is 37.4 Å². The topological polar surface area (TPSA) is 33.1 Å². The number of hydrogen-bond donors (Lipinski definition) is 1. The molecule has 2 rings (SSSR count). The molecule has 1 N–H and O–H groups in total. The van der Waals surface area contributed by atoms with Crippen LogP contribution in [0.4, 0.5) is 0 Å². The zero-order valence-electron chi connectivity index (χ0n) is 7.18. The lowest BCUT2D eigenvalue weighted by Gasteiger charge is -2.06. The lowest BCUT2D eigenvalue weighted by molar-refractivity contribution is 0.181. The molecule has 0 aliphatic carbocycles. The Hall–Kier alpha value is -0.230. The summed E-state index contributed by atoms with van der Waals surface area (Å²) in [4.78, 5) is 5.12. The Kier molecular flexibility index (Phi) is 3.33. The fourth-order valence-electron chi connectivity index (χ4n) is 1.16. The smallest absolute Gasteiger partial charge is 0.0956 e. The Labute approximate surface area is 98.4 Å². The van der Waals surface area contributed by atoms with E-state index in [0.717, 1.165) is 14.4 Å². The van der Waals surface area contributed by atoms with Crippen molar-refractivity contribution in [1.29, 1.82) is 0 Å². The highest BCUT2D eigenvalue weighted by Crippen LogP contribution is 2.31. The zero-order chi connectivity index (χ0) is 9.97. The average Bonchev–Trinajstić information content (AvgIpc) is 2.75. The Morgan fingerprint density at radius 2 is 2.29 bits per heavy atom. The number of aromatic nitrogens is 1. The van der Waals surface area contributed by atoms with Gasteiger partial charge in [-0.05, 0) is 27.4 Å². The van der Waals surface area contributed by atoms with Gasteiger partial charge >= 0.3 is 0 Å². The lowest BCUT2D eigenvalue weighted by Crippen LogP contribution is -1.99. The molecule has 0 saturated carbocycles. The van der Waals surface area contributed by atoms with Crippen LogP contribution in [0.2, 0.25) is 0 Å². The van der Waals surface area contributed by atoms with E-state index in [1.54, 1.807) is 28.9 Å². The highest BCUT2D eigenvalue weighted by molar-refractivity contribution is 9.10. The molecule has 0 fully saturated rings. The fraction of sp³-hybridized carbons (Fsp3) is 0.222. The van der Waals surface area contributed by atoms with Crippen molar-refractivity contribution in [2.75, 3.05) is 0 Å². The van der Waals surface area contributed by atoms with E-state index >= 15 is 0 Å². The van der Waals surface area contributed by atoms with Crippen LogP contribution >= 0.6 is 38.6 Å². The number of aliphatic hydroxyl groups is 1. The molecule has 2 nitrogen and oxygen atoms in total.